The maximum Gasteiger partial charge on any atom is 0.165 e. The van der Waals surface area contributed by atoms with Crippen LogP contribution in [0.15, 0.2) is 72.8 Å². The highest BCUT2D eigenvalue weighted by Gasteiger charge is 2.15. The van der Waals surface area contributed by atoms with E-state index in [-0.39, 0.29) is 18.4 Å². The number of halogens is 1. The van der Waals surface area contributed by atoms with Gasteiger partial charge in [0.05, 0.1) is 0 Å². The maximum atomic E-state index is 14.4. The van der Waals surface area contributed by atoms with Gasteiger partial charge >= 0.3 is 0 Å². The van der Waals surface area contributed by atoms with Crippen molar-refractivity contribution in [3.63, 3.8) is 0 Å². The van der Waals surface area contributed by atoms with E-state index in [1.807, 2.05) is 60.7 Å². The molecule has 0 spiro atoms. The molecule has 3 nitrogen and oxygen atoms in total. The standard InChI is InChI=1S/C22H22FNO2/c1-16(24)19-12-20(23)22(26-15-18-10-6-3-7-11-18)13-21(19)25-14-17-8-4-2-5-9-17/h2-13,16H,14-15,24H2,1H3. The highest BCUT2D eigenvalue weighted by atomic mass is 19.1. The Kier molecular flexibility index (Phi) is 5.87. The molecule has 134 valence electrons. The van der Waals surface area contributed by atoms with Gasteiger partial charge in [0.1, 0.15) is 19.0 Å². The van der Waals surface area contributed by atoms with Crippen molar-refractivity contribution < 1.29 is 13.9 Å². The van der Waals surface area contributed by atoms with Crippen molar-refractivity contribution >= 4 is 0 Å². The lowest BCUT2D eigenvalue weighted by atomic mass is 10.1. The lowest BCUT2D eigenvalue weighted by Crippen LogP contribution is -2.09. The highest BCUT2D eigenvalue weighted by molar-refractivity contribution is 5.43. The average molecular weight is 351 g/mol. The normalized spacial score (nSPS) is 11.8. The Balaban J connectivity index is 1.79. The van der Waals surface area contributed by atoms with Gasteiger partial charge in [-0.2, -0.15) is 0 Å². The van der Waals surface area contributed by atoms with Crippen LogP contribution in [0.3, 0.4) is 0 Å². The lowest BCUT2D eigenvalue weighted by Gasteiger charge is -2.17. The summed E-state index contributed by atoms with van der Waals surface area (Å²) in [6.07, 6.45) is 0. The zero-order chi connectivity index (χ0) is 18.4. The van der Waals surface area contributed by atoms with Crippen molar-refractivity contribution in [1.82, 2.24) is 0 Å². The van der Waals surface area contributed by atoms with E-state index in [4.69, 9.17) is 15.2 Å². The first-order chi connectivity index (χ1) is 12.6. The third-order valence-corrected chi connectivity index (χ3v) is 4.03. The van der Waals surface area contributed by atoms with E-state index in [1.165, 1.54) is 6.07 Å². The monoisotopic (exact) mass is 351 g/mol. The maximum absolute atomic E-state index is 14.4. The van der Waals surface area contributed by atoms with Crippen molar-refractivity contribution in [3.8, 4) is 11.5 Å². The molecule has 0 bridgehead atoms. The van der Waals surface area contributed by atoms with E-state index >= 15 is 0 Å². The fourth-order valence-corrected chi connectivity index (χ4v) is 2.61. The Labute approximate surface area is 153 Å². The first kappa shape index (κ1) is 18.0. The molecule has 0 fully saturated rings. The van der Waals surface area contributed by atoms with Crippen LogP contribution in [0, 0.1) is 5.82 Å². The van der Waals surface area contributed by atoms with Gasteiger partial charge in [0.25, 0.3) is 0 Å². The third-order valence-electron chi connectivity index (χ3n) is 4.03. The molecule has 0 aliphatic heterocycles. The van der Waals surface area contributed by atoms with Crippen molar-refractivity contribution in [2.75, 3.05) is 0 Å². The van der Waals surface area contributed by atoms with Crippen LogP contribution in [0.4, 0.5) is 4.39 Å². The van der Waals surface area contributed by atoms with Gasteiger partial charge in [-0.1, -0.05) is 60.7 Å². The number of hydrogen-bond donors (Lipinski definition) is 1. The van der Waals surface area contributed by atoms with Crippen molar-refractivity contribution in [2.24, 2.45) is 5.73 Å². The molecule has 1 atom stereocenters. The summed E-state index contributed by atoms with van der Waals surface area (Å²) in [5.41, 5.74) is 8.59. The topological polar surface area (TPSA) is 44.5 Å². The summed E-state index contributed by atoms with van der Waals surface area (Å²) in [5, 5.41) is 0. The molecule has 0 aliphatic rings. The fraction of sp³-hybridized carbons (Fsp3) is 0.182. The zero-order valence-corrected chi connectivity index (χ0v) is 14.7. The largest absolute Gasteiger partial charge is 0.488 e. The second-order valence-corrected chi connectivity index (χ2v) is 6.16. The molecule has 0 heterocycles. The van der Waals surface area contributed by atoms with Crippen LogP contribution in [0.5, 0.6) is 11.5 Å². The van der Waals surface area contributed by atoms with Crippen molar-refractivity contribution in [2.45, 2.75) is 26.2 Å². The van der Waals surface area contributed by atoms with Gasteiger partial charge in [0.15, 0.2) is 11.6 Å². The molecular formula is C22H22FNO2. The van der Waals surface area contributed by atoms with E-state index < -0.39 is 5.82 Å². The average Bonchev–Trinajstić information content (AvgIpc) is 2.67. The van der Waals surface area contributed by atoms with E-state index in [0.717, 1.165) is 11.1 Å². The predicted molar refractivity (Wildman–Crippen MR) is 101 cm³/mol. The molecule has 0 aliphatic carbocycles. The molecule has 2 N–H and O–H groups in total. The van der Waals surface area contributed by atoms with Gasteiger partial charge in [-0.05, 0) is 24.1 Å². The van der Waals surface area contributed by atoms with Crippen LogP contribution in [0.1, 0.15) is 29.7 Å². The SMILES string of the molecule is CC(N)c1cc(F)c(OCc2ccccc2)cc1OCc1ccccc1. The van der Waals surface area contributed by atoms with Crippen LogP contribution >= 0.6 is 0 Å². The Morgan fingerprint density at radius 3 is 1.81 bits per heavy atom. The van der Waals surface area contributed by atoms with E-state index in [0.29, 0.717) is 17.9 Å². The molecule has 0 saturated heterocycles. The smallest absolute Gasteiger partial charge is 0.165 e. The van der Waals surface area contributed by atoms with Gasteiger partial charge in [-0.25, -0.2) is 4.39 Å². The van der Waals surface area contributed by atoms with Gasteiger partial charge in [-0.3, -0.25) is 0 Å². The highest BCUT2D eigenvalue weighted by Crippen LogP contribution is 2.32. The molecule has 0 radical (unpaired) electrons. The number of nitrogens with two attached hydrogens (primary N) is 1. The molecule has 1 unspecified atom stereocenters. The summed E-state index contributed by atoms with van der Waals surface area (Å²) in [6.45, 7) is 2.46. The number of rotatable bonds is 7. The Hall–Kier alpha value is -2.85. The van der Waals surface area contributed by atoms with E-state index in [9.17, 15) is 4.39 Å². The number of ether oxygens (including phenoxy) is 2. The van der Waals surface area contributed by atoms with Gasteiger partial charge in [0.2, 0.25) is 0 Å². The quantitative estimate of drug-likeness (QED) is 0.651. The molecule has 4 heteroatoms. The van der Waals surface area contributed by atoms with Gasteiger partial charge < -0.3 is 15.2 Å². The Bertz CT molecular complexity index is 836. The molecule has 0 aromatic heterocycles. The van der Waals surface area contributed by atoms with Gasteiger partial charge in [-0.15, -0.1) is 0 Å². The van der Waals surface area contributed by atoms with Crippen LogP contribution in [-0.4, -0.2) is 0 Å². The zero-order valence-electron chi connectivity index (χ0n) is 14.7. The van der Waals surface area contributed by atoms with Crippen LogP contribution in [0.2, 0.25) is 0 Å². The van der Waals surface area contributed by atoms with Crippen LogP contribution < -0.4 is 15.2 Å². The summed E-state index contributed by atoms with van der Waals surface area (Å²) in [5.74, 6) is 0.245. The minimum atomic E-state index is -0.444. The minimum Gasteiger partial charge on any atom is -0.488 e. The second-order valence-electron chi connectivity index (χ2n) is 6.16. The summed E-state index contributed by atoms with van der Waals surface area (Å²) in [6, 6.07) is 22.1. The molecule has 0 saturated carbocycles. The predicted octanol–water partition coefficient (Wildman–Crippen LogP) is 5.00. The number of hydrogen-bond acceptors (Lipinski definition) is 3. The Morgan fingerprint density at radius 1 is 0.808 bits per heavy atom. The Morgan fingerprint density at radius 2 is 1.31 bits per heavy atom. The summed E-state index contributed by atoms with van der Waals surface area (Å²) < 4.78 is 26.0. The summed E-state index contributed by atoms with van der Waals surface area (Å²) >= 11 is 0. The first-order valence-corrected chi connectivity index (χ1v) is 8.56. The number of benzene rings is 3. The summed E-state index contributed by atoms with van der Waals surface area (Å²) in [4.78, 5) is 0. The molecule has 3 aromatic rings. The molecular weight excluding hydrogens is 329 g/mol. The second kappa shape index (κ2) is 8.50. The fourth-order valence-electron chi connectivity index (χ4n) is 2.61. The summed E-state index contributed by atoms with van der Waals surface area (Å²) in [7, 11) is 0. The van der Waals surface area contributed by atoms with Crippen LogP contribution in [-0.2, 0) is 13.2 Å². The minimum absolute atomic E-state index is 0.154. The van der Waals surface area contributed by atoms with Crippen molar-refractivity contribution in [1.29, 1.82) is 0 Å². The van der Waals surface area contributed by atoms with Crippen LogP contribution in [0.25, 0.3) is 0 Å². The van der Waals surface area contributed by atoms with Crippen molar-refractivity contribution in [3.05, 3.63) is 95.3 Å². The first-order valence-electron chi connectivity index (χ1n) is 8.56. The molecule has 26 heavy (non-hydrogen) atoms. The van der Waals surface area contributed by atoms with Gasteiger partial charge in [0, 0.05) is 17.7 Å². The van der Waals surface area contributed by atoms with E-state index in [2.05, 4.69) is 0 Å². The molecule has 0 amide bonds. The molecule has 3 rings (SSSR count). The van der Waals surface area contributed by atoms with E-state index in [1.54, 1.807) is 13.0 Å². The molecule has 3 aromatic carbocycles. The third kappa shape index (κ3) is 4.61. The lowest BCUT2D eigenvalue weighted by molar-refractivity contribution is 0.276.